The van der Waals surface area contributed by atoms with Crippen molar-refractivity contribution in [3.05, 3.63) is 36.4 Å². The molecule has 0 aromatic heterocycles. The summed E-state index contributed by atoms with van der Waals surface area (Å²) in [6.07, 6.45) is -0.551. The van der Waals surface area contributed by atoms with Gasteiger partial charge in [-0.15, -0.1) is 0 Å². The fourth-order valence-corrected chi connectivity index (χ4v) is 1.27. The molecule has 0 atom stereocenters. The predicted molar refractivity (Wildman–Crippen MR) is 56.5 cm³/mol. The molecule has 0 aliphatic carbocycles. The molecule has 19 heavy (non-hydrogen) atoms. The van der Waals surface area contributed by atoms with Crippen molar-refractivity contribution in [2.45, 2.75) is 17.8 Å². The molecule has 8 heteroatoms. The third-order valence-electron chi connectivity index (χ3n) is 2.46. The lowest BCUT2D eigenvalue weighted by Gasteiger charge is -2.31. The van der Waals surface area contributed by atoms with Crippen LogP contribution in [-0.4, -0.2) is 17.0 Å². The molecule has 0 saturated heterocycles. The zero-order valence-corrected chi connectivity index (χ0v) is 9.31. The number of phenolic OH excluding ortho intramolecular Hbond substituents is 1. The van der Waals surface area contributed by atoms with Crippen LogP contribution in [0.15, 0.2) is 30.9 Å². The SMILES string of the molecule is C=CC(F)(F)C(F)(F)C(F)(F)c1ccc(O)c(N)c1. The van der Waals surface area contributed by atoms with Crippen molar-refractivity contribution >= 4 is 5.69 Å². The summed E-state index contributed by atoms with van der Waals surface area (Å²) in [6, 6.07) is 1.31. The molecule has 0 aliphatic rings. The van der Waals surface area contributed by atoms with E-state index in [1.165, 1.54) is 0 Å². The minimum Gasteiger partial charge on any atom is -0.506 e. The van der Waals surface area contributed by atoms with Crippen LogP contribution >= 0.6 is 0 Å². The maximum absolute atomic E-state index is 13.5. The molecular weight excluding hydrogens is 276 g/mol. The Hall–Kier alpha value is -1.86. The Balaban J connectivity index is 3.37. The van der Waals surface area contributed by atoms with Gasteiger partial charge in [-0.05, 0) is 24.3 Å². The number of nitrogen functional groups attached to an aromatic ring is 1. The van der Waals surface area contributed by atoms with Gasteiger partial charge in [-0.1, -0.05) is 6.58 Å². The highest BCUT2D eigenvalue weighted by Crippen LogP contribution is 2.52. The zero-order chi connectivity index (χ0) is 15.1. The lowest BCUT2D eigenvalue weighted by molar-refractivity contribution is -0.298. The highest BCUT2D eigenvalue weighted by molar-refractivity contribution is 5.54. The molecule has 0 amide bonds. The number of benzene rings is 1. The van der Waals surface area contributed by atoms with E-state index in [0.717, 1.165) is 0 Å². The molecule has 0 saturated carbocycles. The Morgan fingerprint density at radius 3 is 2.05 bits per heavy atom. The van der Waals surface area contributed by atoms with E-state index < -0.39 is 40.8 Å². The lowest BCUT2D eigenvalue weighted by Crippen LogP contribution is -2.51. The third-order valence-corrected chi connectivity index (χ3v) is 2.46. The fraction of sp³-hybridized carbons (Fsp3) is 0.273. The van der Waals surface area contributed by atoms with Crippen molar-refractivity contribution in [3.8, 4) is 5.75 Å². The number of anilines is 1. The number of hydrogen-bond donors (Lipinski definition) is 2. The Kier molecular flexibility index (Phi) is 3.49. The van der Waals surface area contributed by atoms with Gasteiger partial charge in [-0.2, -0.15) is 26.3 Å². The van der Waals surface area contributed by atoms with Gasteiger partial charge < -0.3 is 10.8 Å². The highest BCUT2D eigenvalue weighted by atomic mass is 19.3. The minimum absolute atomic E-state index is 0.308. The third kappa shape index (κ3) is 2.22. The smallest absolute Gasteiger partial charge is 0.380 e. The topological polar surface area (TPSA) is 46.2 Å². The van der Waals surface area contributed by atoms with Gasteiger partial charge in [0.05, 0.1) is 5.69 Å². The van der Waals surface area contributed by atoms with E-state index in [4.69, 9.17) is 10.8 Å². The molecule has 0 radical (unpaired) electrons. The van der Waals surface area contributed by atoms with Crippen molar-refractivity contribution in [1.29, 1.82) is 0 Å². The summed E-state index contributed by atoms with van der Waals surface area (Å²) in [6.45, 7) is 2.41. The maximum atomic E-state index is 13.5. The zero-order valence-electron chi connectivity index (χ0n) is 9.31. The van der Waals surface area contributed by atoms with E-state index >= 15 is 0 Å². The summed E-state index contributed by atoms with van der Waals surface area (Å²) in [4.78, 5) is 0. The molecule has 0 unspecified atom stereocenters. The summed E-state index contributed by atoms with van der Waals surface area (Å²) in [5, 5.41) is 9.00. The first-order valence-corrected chi connectivity index (χ1v) is 4.83. The number of halogens is 6. The predicted octanol–water partition coefficient (Wildman–Crippen LogP) is 3.52. The first-order valence-electron chi connectivity index (χ1n) is 4.83. The van der Waals surface area contributed by atoms with Gasteiger partial charge in [0.2, 0.25) is 0 Å². The number of rotatable bonds is 4. The normalized spacial score (nSPS) is 13.4. The summed E-state index contributed by atoms with van der Waals surface area (Å²) in [5.74, 6) is -16.6. The molecule has 3 N–H and O–H groups in total. The number of allylic oxidation sites excluding steroid dienone is 1. The van der Waals surface area contributed by atoms with Gasteiger partial charge in [0, 0.05) is 5.56 Å². The van der Waals surface area contributed by atoms with Gasteiger partial charge in [0.25, 0.3) is 0 Å². The van der Waals surface area contributed by atoms with Crippen molar-refractivity contribution in [2.24, 2.45) is 0 Å². The lowest BCUT2D eigenvalue weighted by atomic mass is 9.96. The van der Waals surface area contributed by atoms with Crippen LogP contribution in [-0.2, 0) is 5.92 Å². The minimum atomic E-state index is -5.69. The average Bonchev–Trinajstić information content (AvgIpc) is 2.31. The van der Waals surface area contributed by atoms with E-state index in [0.29, 0.717) is 18.2 Å². The number of alkyl halides is 6. The van der Waals surface area contributed by atoms with Crippen LogP contribution < -0.4 is 5.73 Å². The first-order chi connectivity index (χ1) is 8.47. The van der Waals surface area contributed by atoms with E-state index in [1.807, 2.05) is 0 Å². The molecule has 1 aromatic rings. The summed E-state index contributed by atoms with van der Waals surface area (Å²) >= 11 is 0. The standard InChI is InChI=1S/C11H9F6NO/c1-2-9(12,13)11(16,17)10(14,15)6-3-4-8(19)7(18)5-6/h2-5,19H,1,18H2. The van der Waals surface area contributed by atoms with Crippen molar-refractivity contribution in [2.75, 3.05) is 5.73 Å². The molecule has 1 aromatic carbocycles. The number of hydrogen-bond acceptors (Lipinski definition) is 2. The molecule has 2 nitrogen and oxygen atoms in total. The van der Waals surface area contributed by atoms with Crippen LogP contribution in [0.2, 0.25) is 0 Å². The van der Waals surface area contributed by atoms with Gasteiger partial charge in [-0.25, -0.2) is 0 Å². The van der Waals surface area contributed by atoms with Crippen LogP contribution in [0, 0.1) is 0 Å². The van der Waals surface area contributed by atoms with Crippen LogP contribution in [0.3, 0.4) is 0 Å². The second-order valence-electron chi connectivity index (χ2n) is 3.75. The van der Waals surface area contributed by atoms with Gasteiger partial charge in [0.15, 0.2) is 0 Å². The van der Waals surface area contributed by atoms with Gasteiger partial charge in [-0.3, -0.25) is 0 Å². The Morgan fingerprint density at radius 1 is 1.11 bits per heavy atom. The quantitative estimate of drug-likeness (QED) is 0.385. The van der Waals surface area contributed by atoms with Crippen molar-refractivity contribution < 1.29 is 31.4 Å². The van der Waals surface area contributed by atoms with Crippen LogP contribution in [0.4, 0.5) is 32.0 Å². The molecule has 0 aliphatic heterocycles. The number of phenols is 1. The monoisotopic (exact) mass is 285 g/mol. The van der Waals surface area contributed by atoms with Crippen molar-refractivity contribution in [3.63, 3.8) is 0 Å². The Bertz CT molecular complexity index is 500. The molecule has 106 valence electrons. The summed E-state index contributed by atoms with van der Waals surface area (Å²) < 4.78 is 79.2. The Morgan fingerprint density at radius 2 is 1.63 bits per heavy atom. The molecule has 0 fully saturated rings. The van der Waals surface area contributed by atoms with E-state index in [9.17, 15) is 26.3 Å². The second kappa shape index (κ2) is 4.36. The van der Waals surface area contributed by atoms with Crippen LogP contribution in [0.5, 0.6) is 5.75 Å². The molecule has 0 heterocycles. The Labute approximate surface area is 104 Å². The fourth-order valence-electron chi connectivity index (χ4n) is 1.27. The van der Waals surface area contributed by atoms with E-state index in [2.05, 4.69) is 6.58 Å². The first kappa shape index (κ1) is 15.2. The van der Waals surface area contributed by atoms with Crippen LogP contribution in [0.1, 0.15) is 5.56 Å². The van der Waals surface area contributed by atoms with E-state index in [1.54, 1.807) is 0 Å². The van der Waals surface area contributed by atoms with Crippen LogP contribution in [0.25, 0.3) is 0 Å². The van der Waals surface area contributed by atoms with Gasteiger partial charge in [0.1, 0.15) is 5.75 Å². The molecular formula is C11H9F6NO. The molecule has 0 bridgehead atoms. The second-order valence-corrected chi connectivity index (χ2v) is 3.75. The summed E-state index contributed by atoms with van der Waals surface area (Å²) in [7, 11) is 0. The average molecular weight is 285 g/mol. The molecule has 1 rings (SSSR count). The largest absolute Gasteiger partial charge is 0.506 e. The highest BCUT2D eigenvalue weighted by Gasteiger charge is 2.70. The van der Waals surface area contributed by atoms with E-state index in [-0.39, 0.29) is 0 Å². The van der Waals surface area contributed by atoms with Gasteiger partial charge >= 0.3 is 17.8 Å². The maximum Gasteiger partial charge on any atom is 0.380 e. The number of nitrogens with two attached hydrogens (primary N) is 1. The van der Waals surface area contributed by atoms with Crippen molar-refractivity contribution in [1.82, 2.24) is 0 Å². The molecule has 0 spiro atoms. The number of aromatic hydroxyl groups is 1. The summed E-state index contributed by atoms with van der Waals surface area (Å²) in [5.41, 5.74) is 3.00.